The summed E-state index contributed by atoms with van der Waals surface area (Å²) in [7, 11) is 1.54. The van der Waals surface area contributed by atoms with Gasteiger partial charge in [0.25, 0.3) is 0 Å². The van der Waals surface area contributed by atoms with Crippen molar-refractivity contribution in [3.63, 3.8) is 0 Å². The van der Waals surface area contributed by atoms with Crippen LogP contribution in [0.5, 0.6) is 11.5 Å². The van der Waals surface area contributed by atoms with E-state index in [4.69, 9.17) is 9.15 Å². The number of amides is 1. The summed E-state index contributed by atoms with van der Waals surface area (Å²) in [6.45, 7) is 0.890. The minimum Gasteiger partial charge on any atom is -0.506 e. The second-order valence-corrected chi connectivity index (χ2v) is 11.7. The van der Waals surface area contributed by atoms with Crippen LogP contribution in [0.15, 0.2) is 98.9 Å². The first-order chi connectivity index (χ1) is 23.7. The number of aromatic amines is 1. The van der Waals surface area contributed by atoms with Crippen molar-refractivity contribution in [2.45, 2.75) is 38.5 Å². The van der Waals surface area contributed by atoms with Crippen LogP contribution in [0.4, 0.5) is 10.5 Å². The number of methoxy groups -OCH3 is 1. The predicted molar refractivity (Wildman–Crippen MR) is 186 cm³/mol. The number of carbonyl (C=O) groups is 1. The molecule has 0 aliphatic rings. The second kappa shape index (κ2) is 14.5. The first-order valence-electron chi connectivity index (χ1n) is 15.8. The smallest absolute Gasteiger partial charge is 0.419 e. The summed E-state index contributed by atoms with van der Waals surface area (Å²) in [6, 6.07) is 24.8. The Bertz CT molecular complexity index is 2240. The molecule has 12 heteroatoms. The number of aromatic hydroxyl groups is 1. The number of anilines is 1. The van der Waals surface area contributed by atoms with Gasteiger partial charge in [0.1, 0.15) is 11.5 Å². The number of pyridine rings is 1. The Balaban J connectivity index is 1.10. The molecule has 6 aromatic rings. The van der Waals surface area contributed by atoms with Gasteiger partial charge in [0.15, 0.2) is 5.58 Å². The average Bonchev–Trinajstić information content (AvgIpc) is 3.40. The van der Waals surface area contributed by atoms with Crippen LogP contribution in [-0.4, -0.2) is 44.6 Å². The number of phenolic OH excluding ortho intramolecular Hbond substituents is 1. The maximum Gasteiger partial charge on any atom is 0.419 e. The maximum atomic E-state index is 12.8. The van der Waals surface area contributed by atoms with Crippen LogP contribution in [0.3, 0.4) is 0 Å². The van der Waals surface area contributed by atoms with Gasteiger partial charge < -0.3 is 34.8 Å². The molecule has 2 aromatic heterocycles. The summed E-state index contributed by atoms with van der Waals surface area (Å²) in [4.78, 5) is 38.6. The number of nitrogens with one attached hydrogen (secondary N) is 3. The number of oxazole rings is 1. The minimum atomic E-state index is -1.13. The zero-order valence-corrected chi connectivity index (χ0v) is 26.7. The Labute approximate surface area is 280 Å². The lowest BCUT2D eigenvalue weighted by Gasteiger charge is -2.16. The van der Waals surface area contributed by atoms with Gasteiger partial charge in [-0.05, 0) is 60.2 Å². The molecule has 1 amide bonds. The molecule has 0 saturated heterocycles. The van der Waals surface area contributed by atoms with Gasteiger partial charge in [-0.15, -0.1) is 0 Å². The highest BCUT2D eigenvalue weighted by molar-refractivity contribution is 5.91. The fraction of sp³-hybridized carbons (Fsp3) is 0.216. The number of benzene rings is 4. The third kappa shape index (κ3) is 7.35. The Morgan fingerprint density at radius 1 is 1.00 bits per heavy atom. The number of hydrogen-bond acceptors (Lipinski definition) is 8. The number of aryl methyl sites for hydroxylation is 2. The van der Waals surface area contributed by atoms with Gasteiger partial charge in [0.2, 0.25) is 5.56 Å². The first kappa shape index (κ1) is 33.1. The molecule has 12 nitrogen and oxygen atoms in total. The van der Waals surface area contributed by atoms with Gasteiger partial charge in [0, 0.05) is 48.3 Å². The molecule has 0 bridgehead atoms. The predicted octanol–water partition coefficient (Wildman–Crippen LogP) is 5.75. The van der Waals surface area contributed by atoms with Crippen LogP contribution in [0, 0.1) is 0 Å². The third-order valence-electron chi connectivity index (χ3n) is 8.50. The Kier molecular flexibility index (Phi) is 9.79. The summed E-state index contributed by atoms with van der Waals surface area (Å²) in [6.07, 6.45) is 0.0560. The molecule has 4 aromatic carbocycles. The quantitative estimate of drug-likeness (QED) is 0.0838. The van der Waals surface area contributed by atoms with Crippen molar-refractivity contribution in [3.8, 4) is 22.6 Å². The molecule has 0 fully saturated rings. The average molecular weight is 665 g/mol. The lowest BCUT2D eigenvalue weighted by molar-refractivity contribution is 0.175. The minimum absolute atomic E-state index is 0.0824. The van der Waals surface area contributed by atoms with E-state index in [0.29, 0.717) is 59.4 Å². The van der Waals surface area contributed by atoms with Crippen molar-refractivity contribution < 1.29 is 29.3 Å². The lowest BCUT2D eigenvalue weighted by Crippen LogP contribution is -2.21. The number of fused-ring (bicyclic) bond motifs is 2. The third-order valence-corrected chi connectivity index (χ3v) is 8.50. The van der Waals surface area contributed by atoms with Crippen molar-refractivity contribution in [3.05, 3.63) is 123 Å². The molecule has 6 N–H and O–H groups in total. The molecule has 0 aliphatic heterocycles. The van der Waals surface area contributed by atoms with E-state index in [0.717, 1.165) is 28.7 Å². The summed E-state index contributed by atoms with van der Waals surface area (Å²) in [5.74, 6) is -0.00955. The van der Waals surface area contributed by atoms with Crippen molar-refractivity contribution in [2.75, 3.05) is 19.0 Å². The van der Waals surface area contributed by atoms with Gasteiger partial charge in [-0.25, -0.2) is 9.59 Å². The highest BCUT2D eigenvalue weighted by atomic mass is 16.5. The molecule has 1 atom stereocenters. The summed E-state index contributed by atoms with van der Waals surface area (Å²) in [5.41, 5.74) is 5.41. The number of carboxylic acid groups (broad SMARTS) is 1. The molecule has 6 rings (SSSR count). The molecule has 0 spiro atoms. The van der Waals surface area contributed by atoms with E-state index in [1.807, 2.05) is 48.5 Å². The first-order valence-corrected chi connectivity index (χ1v) is 15.8. The molecule has 2 heterocycles. The molecule has 252 valence electrons. The molecular weight excluding hydrogens is 628 g/mol. The maximum absolute atomic E-state index is 12.8. The van der Waals surface area contributed by atoms with E-state index in [2.05, 4.69) is 15.6 Å². The number of aliphatic hydroxyl groups is 1. The summed E-state index contributed by atoms with van der Waals surface area (Å²) >= 11 is 0. The molecule has 0 aliphatic carbocycles. The van der Waals surface area contributed by atoms with Crippen molar-refractivity contribution in [1.29, 1.82) is 0 Å². The second-order valence-electron chi connectivity index (χ2n) is 11.7. The monoisotopic (exact) mass is 664 g/mol. The number of ether oxygens (including phenoxy) is 1. The molecule has 0 unspecified atom stereocenters. The number of hydrogen-bond donors (Lipinski definition) is 6. The largest absolute Gasteiger partial charge is 0.506 e. The SMILES string of the molecule is COc1cc2c(cc1CNC[C@H](O)c1ccc(O)c3[nH]c(=O)ccc13)oc(=O)n2CCCCc1ccc(-c2ccccc2)c(NC(=O)O)c1. The van der Waals surface area contributed by atoms with Crippen LogP contribution in [0.2, 0.25) is 0 Å². The van der Waals surface area contributed by atoms with Gasteiger partial charge in [-0.3, -0.25) is 14.7 Å². The van der Waals surface area contributed by atoms with Crippen LogP contribution in [0.25, 0.3) is 33.1 Å². The standard InChI is InChI=1S/C37H36N4O8/c1-48-32-19-29-33(18-24(32)20-38-21-31(43)26-12-14-30(42)35-27(26)13-15-34(44)40-35)49-37(47)41(29)16-6-5-7-22-10-11-25(23-8-3-2-4-9-23)28(17-22)39-36(45)46/h2-4,8-15,17-19,31,38-39,42-43H,5-7,16,20-21H2,1H3,(H,40,44)(H,45,46)/t31-/m0/s1. The summed E-state index contributed by atoms with van der Waals surface area (Å²) < 4.78 is 12.8. The van der Waals surface area contributed by atoms with Gasteiger partial charge in [0.05, 0.1) is 29.9 Å². The van der Waals surface area contributed by atoms with Crippen molar-refractivity contribution >= 4 is 33.8 Å². The van der Waals surface area contributed by atoms with Gasteiger partial charge in [-0.2, -0.15) is 0 Å². The number of unbranched alkanes of at least 4 members (excludes halogenated alkanes) is 1. The normalized spacial score (nSPS) is 12.0. The van der Waals surface area contributed by atoms with Crippen molar-refractivity contribution in [1.82, 2.24) is 14.9 Å². The van der Waals surface area contributed by atoms with Crippen LogP contribution < -0.4 is 26.7 Å². The topological polar surface area (TPSA) is 179 Å². The fourth-order valence-corrected chi connectivity index (χ4v) is 6.11. The molecule has 0 saturated carbocycles. The van der Waals surface area contributed by atoms with Crippen molar-refractivity contribution in [2.24, 2.45) is 0 Å². The highest BCUT2D eigenvalue weighted by Crippen LogP contribution is 2.31. The number of aromatic nitrogens is 2. The van der Waals surface area contributed by atoms with E-state index in [1.165, 1.54) is 12.1 Å². The number of H-pyrrole nitrogens is 1. The zero-order chi connectivity index (χ0) is 34.5. The molecule has 0 radical (unpaired) electrons. The lowest BCUT2D eigenvalue weighted by atomic mass is 9.99. The van der Waals surface area contributed by atoms with E-state index in [9.17, 15) is 29.7 Å². The van der Waals surface area contributed by atoms with Crippen LogP contribution in [-0.2, 0) is 19.5 Å². The Morgan fingerprint density at radius 2 is 1.82 bits per heavy atom. The highest BCUT2D eigenvalue weighted by Gasteiger charge is 2.17. The van der Waals surface area contributed by atoms with E-state index in [1.54, 1.807) is 35.9 Å². The molecule has 49 heavy (non-hydrogen) atoms. The Morgan fingerprint density at radius 3 is 2.59 bits per heavy atom. The zero-order valence-electron chi connectivity index (χ0n) is 26.7. The fourth-order valence-electron chi connectivity index (χ4n) is 6.11. The molecular formula is C37H36N4O8. The van der Waals surface area contributed by atoms with Gasteiger partial charge >= 0.3 is 11.8 Å². The number of nitrogens with zero attached hydrogens (tertiary/aromatic N) is 1. The number of phenols is 1. The van der Waals surface area contributed by atoms with E-state index < -0.39 is 18.0 Å². The van der Waals surface area contributed by atoms with Crippen LogP contribution >= 0.6 is 0 Å². The van der Waals surface area contributed by atoms with E-state index in [-0.39, 0.29) is 23.4 Å². The van der Waals surface area contributed by atoms with E-state index >= 15 is 0 Å². The summed E-state index contributed by atoms with van der Waals surface area (Å²) in [5, 5.41) is 36.7. The van der Waals surface area contributed by atoms with Crippen LogP contribution in [0.1, 0.15) is 35.6 Å². The number of rotatable bonds is 13. The van der Waals surface area contributed by atoms with Gasteiger partial charge in [-0.1, -0.05) is 48.5 Å². The Hall–Kier alpha value is -5.85. The number of aliphatic hydroxyl groups excluding tert-OH is 1.